The molecule has 1 unspecified atom stereocenters. The van der Waals surface area contributed by atoms with Gasteiger partial charge in [-0.2, -0.15) is 0 Å². The predicted molar refractivity (Wildman–Crippen MR) is 115 cm³/mol. The van der Waals surface area contributed by atoms with Crippen molar-refractivity contribution in [1.29, 1.82) is 0 Å². The summed E-state index contributed by atoms with van der Waals surface area (Å²) in [6.45, 7) is 1.73. The van der Waals surface area contributed by atoms with Gasteiger partial charge in [0.1, 0.15) is 0 Å². The van der Waals surface area contributed by atoms with Crippen LogP contribution in [0.1, 0.15) is 40.5 Å². The molecular formula is C24H23N3O4. The molecular weight excluding hydrogens is 394 g/mol. The van der Waals surface area contributed by atoms with E-state index in [-0.39, 0.29) is 6.54 Å². The van der Waals surface area contributed by atoms with Gasteiger partial charge in [-0.1, -0.05) is 48.5 Å². The summed E-state index contributed by atoms with van der Waals surface area (Å²) >= 11 is 0. The highest BCUT2D eigenvalue weighted by Gasteiger charge is 2.27. The number of imide groups is 1. The summed E-state index contributed by atoms with van der Waals surface area (Å²) in [7, 11) is 0. The maximum Gasteiger partial charge on any atom is 0.339 e. The fraction of sp³-hybridized carbons (Fsp3) is 0.250. The lowest BCUT2D eigenvalue weighted by Crippen LogP contribution is -2.44. The third kappa shape index (κ3) is 4.55. The predicted octanol–water partition coefficient (Wildman–Crippen LogP) is 3.29. The highest BCUT2D eigenvalue weighted by Crippen LogP contribution is 2.30. The first-order chi connectivity index (χ1) is 15.0. The van der Waals surface area contributed by atoms with E-state index in [1.165, 1.54) is 6.92 Å². The third-order valence-corrected chi connectivity index (χ3v) is 5.31. The molecule has 0 spiro atoms. The van der Waals surface area contributed by atoms with Crippen molar-refractivity contribution in [3.05, 3.63) is 77.0 Å². The number of amides is 3. The van der Waals surface area contributed by atoms with Gasteiger partial charge in [-0.05, 0) is 43.4 Å². The number of nitrogens with one attached hydrogen (secondary N) is 2. The number of carbonyl (C=O) groups is 3. The maximum absolute atomic E-state index is 13.0. The molecule has 0 aliphatic heterocycles. The lowest BCUT2D eigenvalue weighted by Gasteiger charge is -2.16. The molecule has 1 heterocycles. The lowest BCUT2D eigenvalue weighted by molar-refractivity contribution is -0.127. The molecule has 1 aromatic heterocycles. The average Bonchev–Trinajstić information content (AvgIpc) is 3.24. The minimum atomic E-state index is -1.13. The number of ether oxygens (including phenoxy) is 1. The van der Waals surface area contributed by atoms with E-state index in [0.29, 0.717) is 10.9 Å². The molecule has 0 bridgehead atoms. The minimum absolute atomic E-state index is 0.281. The normalized spacial score (nSPS) is 13.3. The van der Waals surface area contributed by atoms with Gasteiger partial charge >= 0.3 is 12.0 Å². The van der Waals surface area contributed by atoms with Crippen molar-refractivity contribution in [2.24, 2.45) is 0 Å². The zero-order valence-corrected chi connectivity index (χ0v) is 17.2. The van der Waals surface area contributed by atoms with Gasteiger partial charge in [-0.25, -0.2) is 9.59 Å². The van der Waals surface area contributed by atoms with Gasteiger partial charge in [0.15, 0.2) is 6.10 Å². The van der Waals surface area contributed by atoms with Crippen LogP contribution in [-0.2, 0) is 28.9 Å². The van der Waals surface area contributed by atoms with Gasteiger partial charge in [-0.15, -0.1) is 0 Å². The molecule has 2 N–H and O–H groups in total. The monoisotopic (exact) mass is 417 g/mol. The van der Waals surface area contributed by atoms with Crippen molar-refractivity contribution in [2.75, 3.05) is 0 Å². The largest absolute Gasteiger partial charge is 0.449 e. The Morgan fingerprint density at radius 1 is 1.03 bits per heavy atom. The zero-order chi connectivity index (χ0) is 21.8. The molecule has 31 heavy (non-hydrogen) atoms. The van der Waals surface area contributed by atoms with E-state index in [1.807, 2.05) is 54.6 Å². The molecule has 1 aliphatic rings. The molecule has 1 atom stereocenters. The molecule has 7 nitrogen and oxygen atoms in total. The van der Waals surface area contributed by atoms with Crippen LogP contribution in [0.25, 0.3) is 10.9 Å². The van der Waals surface area contributed by atoms with Crippen LogP contribution >= 0.6 is 0 Å². The topological polar surface area (TPSA) is 97.4 Å². The number of fused-ring (bicyclic) bond motifs is 2. The van der Waals surface area contributed by atoms with Gasteiger partial charge in [0.05, 0.1) is 11.1 Å². The number of aryl methyl sites for hydroxylation is 1. The van der Waals surface area contributed by atoms with Crippen LogP contribution in [-0.4, -0.2) is 29.0 Å². The second-order valence-corrected chi connectivity index (χ2v) is 7.49. The lowest BCUT2D eigenvalue weighted by atomic mass is 10.0. The van der Waals surface area contributed by atoms with Crippen molar-refractivity contribution in [3.63, 3.8) is 0 Å². The summed E-state index contributed by atoms with van der Waals surface area (Å²) in [6.07, 6.45) is 1.37. The van der Waals surface area contributed by atoms with Crippen LogP contribution < -0.4 is 10.6 Å². The smallest absolute Gasteiger partial charge is 0.339 e. The van der Waals surface area contributed by atoms with Crippen LogP contribution in [0, 0.1) is 0 Å². The Balaban J connectivity index is 1.42. The number of pyridine rings is 1. The second kappa shape index (κ2) is 8.95. The highest BCUT2D eigenvalue weighted by atomic mass is 16.5. The molecule has 7 heteroatoms. The van der Waals surface area contributed by atoms with E-state index in [4.69, 9.17) is 4.74 Å². The van der Waals surface area contributed by atoms with Gasteiger partial charge in [0, 0.05) is 17.6 Å². The van der Waals surface area contributed by atoms with Gasteiger partial charge in [0.2, 0.25) is 0 Å². The summed E-state index contributed by atoms with van der Waals surface area (Å²) in [5, 5.41) is 5.54. The molecule has 1 aliphatic carbocycles. The maximum atomic E-state index is 13.0. The Morgan fingerprint density at radius 2 is 1.77 bits per heavy atom. The number of para-hydroxylation sites is 1. The van der Waals surface area contributed by atoms with Crippen molar-refractivity contribution in [1.82, 2.24) is 15.6 Å². The van der Waals surface area contributed by atoms with E-state index >= 15 is 0 Å². The van der Waals surface area contributed by atoms with Crippen LogP contribution in [0.5, 0.6) is 0 Å². The molecule has 0 saturated heterocycles. The van der Waals surface area contributed by atoms with Gasteiger partial charge in [-0.3, -0.25) is 15.1 Å². The number of carbonyl (C=O) groups excluding carboxylic acids is 3. The van der Waals surface area contributed by atoms with Crippen LogP contribution in [0.15, 0.2) is 54.6 Å². The number of aromatic nitrogens is 1. The number of hydrogen-bond donors (Lipinski definition) is 2. The average molecular weight is 417 g/mol. The fourth-order valence-electron chi connectivity index (χ4n) is 3.75. The first-order valence-corrected chi connectivity index (χ1v) is 10.3. The molecule has 0 saturated carbocycles. The van der Waals surface area contributed by atoms with Crippen LogP contribution in [0.2, 0.25) is 0 Å². The Bertz CT molecular complexity index is 1140. The van der Waals surface area contributed by atoms with E-state index in [0.717, 1.165) is 41.6 Å². The molecule has 0 fully saturated rings. The SMILES string of the molecule is CC(OC(=O)c1c2c(nc3ccccc13)CCC2)C(=O)NC(=O)NCc1ccccc1. The van der Waals surface area contributed by atoms with E-state index in [9.17, 15) is 14.4 Å². The quantitative estimate of drug-likeness (QED) is 0.621. The molecule has 2 aromatic carbocycles. The number of nitrogens with zero attached hydrogens (tertiary/aromatic N) is 1. The number of urea groups is 1. The van der Waals surface area contributed by atoms with Gasteiger partial charge < -0.3 is 10.1 Å². The Morgan fingerprint density at radius 3 is 2.58 bits per heavy atom. The van der Waals surface area contributed by atoms with E-state index in [2.05, 4.69) is 15.6 Å². The van der Waals surface area contributed by atoms with Crippen molar-refractivity contribution < 1.29 is 19.1 Å². The van der Waals surface area contributed by atoms with Crippen molar-refractivity contribution >= 4 is 28.8 Å². The van der Waals surface area contributed by atoms with Crippen LogP contribution in [0.3, 0.4) is 0 Å². The minimum Gasteiger partial charge on any atom is -0.449 e. The summed E-state index contributed by atoms with van der Waals surface area (Å²) in [5.41, 5.74) is 3.89. The third-order valence-electron chi connectivity index (χ3n) is 5.31. The summed E-state index contributed by atoms with van der Waals surface area (Å²) < 4.78 is 5.44. The summed E-state index contributed by atoms with van der Waals surface area (Å²) in [6, 6.07) is 16.1. The van der Waals surface area contributed by atoms with E-state index < -0.39 is 24.0 Å². The Labute approximate surface area is 179 Å². The molecule has 0 radical (unpaired) electrons. The second-order valence-electron chi connectivity index (χ2n) is 7.49. The van der Waals surface area contributed by atoms with E-state index in [1.54, 1.807) is 0 Å². The highest BCUT2D eigenvalue weighted by molar-refractivity contribution is 6.06. The standard InChI is InChI=1S/C24H23N3O4/c1-15(22(28)27-24(30)25-14-16-8-3-2-4-9-16)31-23(29)21-17-10-5-6-12-19(17)26-20-13-7-11-18(20)21/h2-6,8-10,12,15H,7,11,13-14H2,1H3,(H2,25,27,28,30). The Kier molecular flexibility index (Phi) is 5.93. The molecule has 4 rings (SSSR count). The van der Waals surface area contributed by atoms with Crippen LogP contribution in [0.4, 0.5) is 4.79 Å². The first-order valence-electron chi connectivity index (χ1n) is 10.3. The Hall–Kier alpha value is -3.74. The number of esters is 1. The molecule has 3 aromatic rings. The fourth-order valence-corrected chi connectivity index (χ4v) is 3.75. The first kappa shape index (κ1) is 20.5. The zero-order valence-electron chi connectivity index (χ0n) is 17.2. The molecule has 158 valence electrons. The number of rotatable bonds is 5. The summed E-state index contributed by atoms with van der Waals surface area (Å²) in [5.74, 6) is -1.27. The van der Waals surface area contributed by atoms with Crippen molar-refractivity contribution in [2.45, 2.75) is 38.8 Å². The number of hydrogen-bond acceptors (Lipinski definition) is 5. The molecule has 3 amide bonds. The van der Waals surface area contributed by atoms with Crippen molar-refractivity contribution in [3.8, 4) is 0 Å². The number of benzene rings is 2. The summed E-state index contributed by atoms with van der Waals surface area (Å²) in [4.78, 5) is 42.0. The van der Waals surface area contributed by atoms with Gasteiger partial charge in [0.25, 0.3) is 5.91 Å².